The molecule has 0 saturated carbocycles. The van der Waals surface area contributed by atoms with Gasteiger partial charge in [0, 0.05) is 26.2 Å². The molecule has 1 amide bonds. The molecule has 0 atom stereocenters. The van der Waals surface area contributed by atoms with Gasteiger partial charge in [0.25, 0.3) is 0 Å². The first kappa shape index (κ1) is 17.2. The van der Waals surface area contributed by atoms with Crippen molar-refractivity contribution in [2.75, 3.05) is 26.2 Å². The van der Waals surface area contributed by atoms with Crippen LogP contribution in [0.1, 0.15) is 6.42 Å². The summed E-state index contributed by atoms with van der Waals surface area (Å²) in [5.74, 6) is 0.959. The van der Waals surface area contributed by atoms with Crippen molar-refractivity contribution in [3.8, 4) is 11.5 Å². The summed E-state index contributed by atoms with van der Waals surface area (Å²) in [6, 6.07) is 15.0. The summed E-state index contributed by atoms with van der Waals surface area (Å²) in [5.41, 5.74) is 0. The number of carbonyl (C=O) groups is 1. The van der Waals surface area contributed by atoms with Gasteiger partial charge in [0.1, 0.15) is 23.4 Å². The molecule has 1 N–H and O–H groups in total. The third-order valence-electron chi connectivity index (χ3n) is 3.91. The van der Waals surface area contributed by atoms with Gasteiger partial charge in [-0.25, -0.2) is 9.18 Å². The number of halogens is 1. The second-order valence-electron chi connectivity index (χ2n) is 5.94. The van der Waals surface area contributed by atoms with Crippen molar-refractivity contribution in [1.82, 2.24) is 10.2 Å². The van der Waals surface area contributed by atoms with E-state index in [1.165, 1.54) is 12.1 Å². The molecule has 0 unspecified atom stereocenters. The molecule has 2 aromatic carbocycles. The van der Waals surface area contributed by atoms with Gasteiger partial charge in [0.2, 0.25) is 0 Å². The van der Waals surface area contributed by atoms with Crippen molar-refractivity contribution in [2.45, 2.75) is 12.5 Å². The van der Waals surface area contributed by atoms with Crippen LogP contribution in [0.15, 0.2) is 54.6 Å². The summed E-state index contributed by atoms with van der Waals surface area (Å²) in [6.45, 7) is 3.12. The molecule has 0 radical (unpaired) electrons. The lowest BCUT2D eigenvalue weighted by Gasteiger charge is -2.39. The zero-order chi connectivity index (χ0) is 17.5. The molecule has 1 aliphatic rings. The second kappa shape index (κ2) is 8.48. The maximum atomic E-state index is 12.8. The third-order valence-corrected chi connectivity index (χ3v) is 3.91. The molecule has 0 spiro atoms. The van der Waals surface area contributed by atoms with Gasteiger partial charge < -0.3 is 14.8 Å². The number of para-hydroxylation sites is 1. The van der Waals surface area contributed by atoms with E-state index in [0.717, 1.165) is 26.1 Å². The zero-order valence-corrected chi connectivity index (χ0v) is 13.9. The van der Waals surface area contributed by atoms with E-state index >= 15 is 0 Å². The van der Waals surface area contributed by atoms with Crippen LogP contribution in [0.3, 0.4) is 0 Å². The molecule has 5 nitrogen and oxygen atoms in total. The number of nitrogens with one attached hydrogen (secondary N) is 1. The van der Waals surface area contributed by atoms with E-state index < -0.39 is 6.09 Å². The number of benzene rings is 2. The fourth-order valence-electron chi connectivity index (χ4n) is 2.61. The van der Waals surface area contributed by atoms with Gasteiger partial charge in [-0.2, -0.15) is 0 Å². The lowest BCUT2D eigenvalue weighted by atomic mass is 10.1. The summed E-state index contributed by atoms with van der Waals surface area (Å²) in [4.78, 5) is 13.9. The maximum absolute atomic E-state index is 12.8. The summed E-state index contributed by atoms with van der Waals surface area (Å²) < 4.78 is 23.7. The minimum atomic E-state index is -0.438. The van der Waals surface area contributed by atoms with Gasteiger partial charge in [-0.3, -0.25) is 4.90 Å². The van der Waals surface area contributed by atoms with Crippen molar-refractivity contribution in [1.29, 1.82) is 0 Å². The first-order valence-electron chi connectivity index (χ1n) is 8.34. The summed E-state index contributed by atoms with van der Waals surface area (Å²) in [5, 5.41) is 2.74. The minimum absolute atomic E-state index is 0.140. The van der Waals surface area contributed by atoms with E-state index in [0.29, 0.717) is 18.0 Å². The lowest BCUT2D eigenvalue weighted by Crippen LogP contribution is -2.54. The van der Waals surface area contributed by atoms with Crippen LogP contribution in [-0.4, -0.2) is 43.3 Å². The van der Waals surface area contributed by atoms with E-state index in [-0.39, 0.29) is 11.9 Å². The molecule has 0 aliphatic carbocycles. The predicted octanol–water partition coefficient (Wildman–Crippen LogP) is 3.07. The van der Waals surface area contributed by atoms with Crippen molar-refractivity contribution in [2.24, 2.45) is 0 Å². The molecule has 1 heterocycles. The highest BCUT2D eigenvalue weighted by atomic mass is 19.1. The molecule has 25 heavy (non-hydrogen) atoms. The van der Waals surface area contributed by atoms with Gasteiger partial charge in [-0.15, -0.1) is 0 Å². The van der Waals surface area contributed by atoms with Crippen LogP contribution in [0.4, 0.5) is 9.18 Å². The Hall–Kier alpha value is -2.60. The van der Waals surface area contributed by atoms with Crippen molar-refractivity contribution in [3.63, 3.8) is 0 Å². The Morgan fingerprint density at radius 1 is 1.08 bits per heavy atom. The number of amides is 1. The van der Waals surface area contributed by atoms with E-state index in [1.54, 1.807) is 24.3 Å². The van der Waals surface area contributed by atoms with Crippen LogP contribution in [0.2, 0.25) is 0 Å². The fourth-order valence-corrected chi connectivity index (χ4v) is 2.61. The number of carbonyl (C=O) groups excluding carboxylic acids is 1. The predicted molar refractivity (Wildman–Crippen MR) is 92.3 cm³/mol. The Bertz CT molecular complexity index is 673. The molecule has 1 aliphatic heterocycles. The maximum Gasteiger partial charge on any atom is 0.412 e. The average Bonchev–Trinajstić information content (AvgIpc) is 2.58. The summed E-state index contributed by atoms with van der Waals surface area (Å²) in [6.07, 6.45) is 0.543. The fraction of sp³-hybridized carbons (Fsp3) is 0.316. The Kier molecular flexibility index (Phi) is 5.85. The van der Waals surface area contributed by atoms with E-state index in [2.05, 4.69) is 10.2 Å². The molecule has 2 aromatic rings. The Morgan fingerprint density at radius 3 is 2.52 bits per heavy atom. The first-order valence-corrected chi connectivity index (χ1v) is 8.34. The van der Waals surface area contributed by atoms with Crippen LogP contribution in [-0.2, 0) is 0 Å². The SMILES string of the molecule is O=C(NCCCN1CC(Oc2ccc(F)cc2)C1)Oc1ccccc1. The van der Waals surface area contributed by atoms with Crippen LogP contribution < -0.4 is 14.8 Å². The van der Waals surface area contributed by atoms with Crippen LogP contribution >= 0.6 is 0 Å². The molecule has 3 rings (SSSR count). The summed E-state index contributed by atoms with van der Waals surface area (Å²) >= 11 is 0. The Labute approximate surface area is 146 Å². The minimum Gasteiger partial charge on any atom is -0.488 e. The van der Waals surface area contributed by atoms with E-state index in [1.807, 2.05) is 18.2 Å². The number of rotatable bonds is 7. The van der Waals surface area contributed by atoms with E-state index in [4.69, 9.17) is 9.47 Å². The number of hydrogen-bond acceptors (Lipinski definition) is 4. The Morgan fingerprint density at radius 2 is 1.80 bits per heavy atom. The smallest absolute Gasteiger partial charge is 0.412 e. The zero-order valence-electron chi connectivity index (χ0n) is 13.9. The first-order chi connectivity index (χ1) is 12.2. The Balaban J connectivity index is 1.25. The highest BCUT2D eigenvalue weighted by Gasteiger charge is 2.27. The van der Waals surface area contributed by atoms with Gasteiger partial charge in [0.15, 0.2) is 0 Å². The highest BCUT2D eigenvalue weighted by molar-refractivity contribution is 5.70. The highest BCUT2D eigenvalue weighted by Crippen LogP contribution is 2.18. The molecule has 6 heteroatoms. The number of ether oxygens (including phenoxy) is 2. The van der Waals surface area contributed by atoms with Crippen molar-refractivity contribution in [3.05, 3.63) is 60.4 Å². The molecule has 1 saturated heterocycles. The second-order valence-corrected chi connectivity index (χ2v) is 5.94. The molecule has 132 valence electrons. The number of hydrogen-bond donors (Lipinski definition) is 1. The lowest BCUT2D eigenvalue weighted by molar-refractivity contribution is 0.0195. The molecular weight excluding hydrogens is 323 g/mol. The van der Waals surface area contributed by atoms with E-state index in [9.17, 15) is 9.18 Å². The van der Waals surface area contributed by atoms with Crippen LogP contribution in [0, 0.1) is 5.82 Å². The molecular formula is C19H21FN2O3. The molecule has 0 aromatic heterocycles. The van der Waals surface area contributed by atoms with Gasteiger partial charge >= 0.3 is 6.09 Å². The van der Waals surface area contributed by atoms with Gasteiger partial charge in [0.05, 0.1) is 0 Å². The van der Waals surface area contributed by atoms with Crippen LogP contribution in [0.5, 0.6) is 11.5 Å². The quantitative estimate of drug-likeness (QED) is 0.785. The summed E-state index contributed by atoms with van der Waals surface area (Å²) in [7, 11) is 0. The van der Waals surface area contributed by atoms with Crippen molar-refractivity contribution < 1.29 is 18.7 Å². The largest absolute Gasteiger partial charge is 0.488 e. The monoisotopic (exact) mass is 344 g/mol. The average molecular weight is 344 g/mol. The normalized spacial score (nSPS) is 14.6. The van der Waals surface area contributed by atoms with Gasteiger partial charge in [-0.1, -0.05) is 18.2 Å². The molecule has 0 bridgehead atoms. The number of nitrogens with zero attached hydrogens (tertiary/aromatic N) is 1. The standard InChI is InChI=1S/C19H21FN2O3/c20-15-7-9-17(10-8-15)24-18-13-22(14-18)12-4-11-21-19(23)25-16-5-2-1-3-6-16/h1-3,5-10,18H,4,11-14H2,(H,21,23). The van der Waals surface area contributed by atoms with Gasteiger partial charge in [-0.05, 0) is 42.8 Å². The van der Waals surface area contributed by atoms with Crippen LogP contribution in [0.25, 0.3) is 0 Å². The topological polar surface area (TPSA) is 50.8 Å². The van der Waals surface area contributed by atoms with Crippen molar-refractivity contribution >= 4 is 6.09 Å². The third kappa shape index (κ3) is 5.46. The number of likely N-dealkylation sites (tertiary alicyclic amines) is 1. The molecule has 1 fully saturated rings.